The van der Waals surface area contributed by atoms with Crippen molar-refractivity contribution in [2.75, 3.05) is 7.11 Å². The molecule has 17 heavy (non-hydrogen) atoms. The Balaban J connectivity index is 2.28. The van der Waals surface area contributed by atoms with Crippen molar-refractivity contribution in [3.05, 3.63) is 46.6 Å². The van der Waals surface area contributed by atoms with Crippen molar-refractivity contribution in [2.45, 2.75) is 16.7 Å². The zero-order chi connectivity index (χ0) is 12.3. The van der Waals surface area contributed by atoms with Gasteiger partial charge in [0.15, 0.2) is 0 Å². The van der Waals surface area contributed by atoms with Crippen molar-refractivity contribution in [3.63, 3.8) is 0 Å². The summed E-state index contributed by atoms with van der Waals surface area (Å²) in [5.74, 6) is 0.652. The van der Waals surface area contributed by atoms with E-state index in [1.807, 2.05) is 6.07 Å². The summed E-state index contributed by atoms with van der Waals surface area (Å²) < 4.78 is 6.20. The van der Waals surface area contributed by atoms with Gasteiger partial charge in [-0.3, -0.25) is 0 Å². The van der Waals surface area contributed by atoms with E-state index in [4.69, 9.17) is 4.74 Å². The van der Waals surface area contributed by atoms with Crippen molar-refractivity contribution in [1.29, 1.82) is 0 Å². The first-order valence-corrected chi connectivity index (χ1v) is 6.74. The Morgan fingerprint density at radius 3 is 2.59 bits per heavy atom. The number of aryl methyl sites for hydroxylation is 1. The van der Waals surface area contributed by atoms with Gasteiger partial charge in [-0.1, -0.05) is 29.5 Å². The van der Waals surface area contributed by atoms with Crippen LogP contribution in [0.5, 0.6) is 5.88 Å². The second-order valence-electron chi connectivity index (χ2n) is 3.58. The minimum Gasteiger partial charge on any atom is -0.480 e. The number of rotatable bonds is 3. The molecule has 0 aliphatic heterocycles. The topological polar surface area (TPSA) is 22.1 Å². The van der Waals surface area contributed by atoms with Crippen LogP contribution in [-0.4, -0.2) is 12.1 Å². The van der Waals surface area contributed by atoms with E-state index >= 15 is 0 Å². The molecule has 0 radical (unpaired) electrons. The third kappa shape index (κ3) is 3.23. The second-order valence-corrected chi connectivity index (χ2v) is 5.61. The minimum absolute atomic E-state index is 0.652. The average molecular weight is 310 g/mol. The molecule has 0 aliphatic rings. The van der Waals surface area contributed by atoms with E-state index in [1.54, 1.807) is 25.1 Å². The van der Waals surface area contributed by atoms with Crippen LogP contribution >= 0.6 is 27.7 Å². The molecule has 0 bridgehead atoms. The summed E-state index contributed by atoms with van der Waals surface area (Å²) in [5, 5.41) is 0. The zero-order valence-electron chi connectivity index (χ0n) is 9.61. The van der Waals surface area contributed by atoms with E-state index < -0.39 is 0 Å². The molecular weight excluding hydrogens is 298 g/mol. The standard InChI is InChI=1S/C13H12BrNOS/c1-9-3-5-11(6-4-9)17-12-7-10(14)8-15-13(12)16-2/h3-8H,1-2H3. The van der Waals surface area contributed by atoms with E-state index in [0.29, 0.717) is 5.88 Å². The molecule has 0 N–H and O–H groups in total. The summed E-state index contributed by atoms with van der Waals surface area (Å²) in [4.78, 5) is 6.40. The summed E-state index contributed by atoms with van der Waals surface area (Å²) in [7, 11) is 1.63. The van der Waals surface area contributed by atoms with Crippen LogP contribution in [0.1, 0.15) is 5.56 Å². The Morgan fingerprint density at radius 1 is 1.24 bits per heavy atom. The third-order valence-corrected chi connectivity index (χ3v) is 3.68. The average Bonchev–Trinajstić information content (AvgIpc) is 2.32. The summed E-state index contributed by atoms with van der Waals surface area (Å²) in [6.07, 6.45) is 1.73. The second kappa shape index (κ2) is 5.56. The van der Waals surface area contributed by atoms with E-state index in [0.717, 1.165) is 9.37 Å². The predicted octanol–water partition coefficient (Wildman–Crippen LogP) is 4.31. The van der Waals surface area contributed by atoms with E-state index in [2.05, 4.69) is 52.1 Å². The lowest BCUT2D eigenvalue weighted by Crippen LogP contribution is -1.90. The number of ether oxygens (including phenoxy) is 1. The van der Waals surface area contributed by atoms with Crippen LogP contribution in [0, 0.1) is 6.92 Å². The Hall–Kier alpha value is -1.00. The van der Waals surface area contributed by atoms with Gasteiger partial charge in [0, 0.05) is 15.6 Å². The van der Waals surface area contributed by atoms with Crippen LogP contribution in [0.25, 0.3) is 0 Å². The lowest BCUT2D eigenvalue weighted by Gasteiger charge is -2.07. The van der Waals surface area contributed by atoms with Gasteiger partial charge in [0.2, 0.25) is 5.88 Å². The van der Waals surface area contributed by atoms with Crippen molar-refractivity contribution >= 4 is 27.7 Å². The normalized spacial score (nSPS) is 10.3. The van der Waals surface area contributed by atoms with Gasteiger partial charge in [-0.05, 0) is 41.1 Å². The number of hydrogen-bond acceptors (Lipinski definition) is 3. The molecule has 4 heteroatoms. The zero-order valence-corrected chi connectivity index (χ0v) is 12.0. The molecule has 0 atom stereocenters. The first-order chi connectivity index (χ1) is 8.19. The highest BCUT2D eigenvalue weighted by Crippen LogP contribution is 2.35. The minimum atomic E-state index is 0.652. The highest BCUT2D eigenvalue weighted by molar-refractivity contribution is 9.10. The molecule has 2 rings (SSSR count). The van der Waals surface area contributed by atoms with Crippen molar-refractivity contribution in [1.82, 2.24) is 4.98 Å². The van der Waals surface area contributed by atoms with Gasteiger partial charge < -0.3 is 4.74 Å². The molecule has 1 aromatic heterocycles. The molecule has 1 heterocycles. The Labute approximate surface area is 114 Å². The molecule has 0 unspecified atom stereocenters. The molecule has 0 fully saturated rings. The number of nitrogens with zero attached hydrogens (tertiary/aromatic N) is 1. The Morgan fingerprint density at radius 2 is 1.94 bits per heavy atom. The van der Waals surface area contributed by atoms with Gasteiger partial charge >= 0.3 is 0 Å². The fraction of sp³-hybridized carbons (Fsp3) is 0.154. The van der Waals surface area contributed by atoms with Crippen molar-refractivity contribution in [3.8, 4) is 5.88 Å². The van der Waals surface area contributed by atoms with Gasteiger partial charge in [0.1, 0.15) is 0 Å². The largest absolute Gasteiger partial charge is 0.480 e. The summed E-state index contributed by atoms with van der Waals surface area (Å²) in [6.45, 7) is 2.08. The number of aromatic nitrogens is 1. The Bertz CT molecular complexity index is 513. The van der Waals surface area contributed by atoms with Crippen LogP contribution in [0.2, 0.25) is 0 Å². The number of methoxy groups -OCH3 is 1. The van der Waals surface area contributed by atoms with Gasteiger partial charge in [-0.2, -0.15) is 0 Å². The Kier molecular flexibility index (Phi) is 4.07. The van der Waals surface area contributed by atoms with Crippen molar-refractivity contribution < 1.29 is 4.74 Å². The van der Waals surface area contributed by atoms with E-state index in [-0.39, 0.29) is 0 Å². The maximum Gasteiger partial charge on any atom is 0.227 e. The molecule has 0 saturated heterocycles. The molecule has 0 spiro atoms. The molecule has 0 saturated carbocycles. The molecule has 2 nitrogen and oxygen atoms in total. The molecule has 1 aromatic carbocycles. The highest BCUT2D eigenvalue weighted by Gasteiger charge is 2.07. The fourth-order valence-corrected chi connectivity index (χ4v) is 2.79. The molecule has 88 valence electrons. The third-order valence-electron chi connectivity index (χ3n) is 2.23. The maximum absolute atomic E-state index is 5.24. The van der Waals surface area contributed by atoms with Crippen molar-refractivity contribution in [2.24, 2.45) is 0 Å². The van der Waals surface area contributed by atoms with Gasteiger partial charge in [0.25, 0.3) is 0 Å². The first kappa shape index (κ1) is 12.5. The van der Waals surface area contributed by atoms with Crippen LogP contribution in [-0.2, 0) is 0 Å². The van der Waals surface area contributed by atoms with Crippen LogP contribution in [0.15, 0.2) is 50.8 Å². The fourth-order valence-electron chi connectivity index (χ4n) is 1.37. The van der Waals surface area contributed by atoms with Crippen LogP contribution in [0.4, 0.5) is 0 Å². The molecule has 0 amide bonds. The maximum atomic E-state index is 5.24. The monoisotopic (exact) mass is 309 g/mol. The van der Waals surface area contributed by atoms with Crippen LogP contribution in [0.3, 0.4) is 0 Å². The van der Waals surface area contributed by atoms with Crippen LogP contribution < -0.4 is 4.74 Å². The van der Waals surface area contributed by atoms with Gasteiger partial charge in [0.05, 0.1) is 12.0 Å². The summed E-state index contributed by atoms with van der Waals surface area (Å²) in [5.41, 5.74) is 1.26. The predicted molar refractivity (Wildman–Crippen MR) is 73.8 cm³/mol. The van der Waals surface area contributed by atoms with Gasteiger partial charge in [-0.15, -0.1) is 0 Å². The molecule has 2 aromatic rings. The van der Waals surface area contributed by atoms with E-state index in [1.165, 1.54) is 10.5 Å². The number of pyridine rings is 1. The number of hydrogen-bond donors (Lipinski definition) is 0. The number of benzene rings is 1. The highest BCUT2D eigenvalue weighted by atomic mass is 79.9. The molecule has 0 aliphatic carbocycles. The quantitative estimate of drug-likeness (QED) is 0.843. The summed E-state index contributed by atoms with van der Waals surface area (Å²) in [6, 6.07) is 10.4. The van der Waals surface area contributed by atoms with E-state index in [9.17, 15) is 0 Å². The first-order valence-electron chi connectivity index (χ1n) is 5.13. The SMILES string of the molecule is COc1ncc(Br)cc1Sc1ccc(C)cc1. The van der Waals surface area contributed by atoms with Gasteiger partial charge in [-0.25, -0.2) is 4.98 Å². The molecular formula is C13H12BrNOS. The summed E-state index contributed by atoms with van der Waals surface area (Å²) >= 11 is 5.06. The smallest absolute Gasteiger partial charge is 0.227 e. The lowest BCUT2D eigenvalue weighted by atomic mass is 10.2. The lowest BCUT2D eigenvalue weighted by molar-refractivity contribution is 0.387. The number of halogens is 1.